The predicted octanol–water partition coefficient (Wildman–Crippen LogP) is 7.61. The Morgan fingerprint density at radius 2 is 1.26 bits per heavy atom. The van der Waals surface area contributed by atoms with E-state index in [0.29, 0.717) is 16.9 Å². The highest BCUT2D eigenvalue weighted by molar-refractivity contribution is 6.28. The van der Waals surface area contributed by atoms with Gasteiger partial charge in [-0.2, -0.15) is 28.6 Å². The van der Waals surface area contributed by atoms with Crippen molar-refractivity contribution in [2.24, 2.45) is 0 Å². The van der Waals surface area contributed by atoms with Gasteiger partial charge in [-0.05, 0) is 67.1 Å². The summed E-state index contributed by atoms with van der Waals surface area (Å²) in [6, 6.07) is 26.3. The number of hydrogen-bond acceptors (Lipinski definition) is 9. The molecular formula is C35H21ClF3N11. The van der Waals surface area contributed by atoms with Crippen LogP contribution in [-0.4, -0.2) is 49.5 Å². The summed E-state index contributed by atoms with van der Waals surface area (Å²) in [6.45, 7) is 1.95. The molecule has 0 radical (unpaired) electrons. The highest BCUT2D eigenvalue weighted by atomic mass is 35.5. The summed E-state index contributed by atoms with van der Waals surface area (Å²) in [6.07, 6.45) is 1.96. The quantitative estimate of drug-likeness (QED) is 0.171. The van der Waals surface area contributed by atoms with Crippen LogP contribution in [0.3, 0.4) is 0 Å². The van der Waals surface area contributed by atoms with E-state index < -0.39 is 11.9 Å². The van der Waals surface area contributed by atoms with E-state index in [9.17, 15) is 13.2 Å². The average Bonchev–Trinajstić information content (AvgIpc) is 3.76. The molecule has 8 rings (SSSR count). The SMILES string of the molecule is Cc1cccc(-n2ncc3ccc(-c4ccnc(C#N)n4)cc32)n1.FC(F)(F)c1cccc(-n2ncc3ccc(-c4ccnc(Cl)n4)cc32)n1. The molecule has 0 aliphatic carbocycles. The lowest BCUT2D eigenvalue weighted by atomic mass is 10.1. The third kappa shape index (κ3) is 6.58. The Hall–Kier alpha value is -6.59. The van der Waals surface area contributed by atoms with Gasteiger partial charge in [0, 0.05) is 40.0 Å². The summed E-state index contributed by atoms with van der Waals surface area (Å²) in [4.78, 5) is 24.4. The number of hydrogen-bond donors (Lipinski definition) is 0. The fourth-order valence-corrected chi connectivity index (χ4v) is 5.28. The topological polar surface area (TPSA) is 137 Å². The molecule has 0 saturated heterocycles. The number of alkyl halides is 3. The molecule has 15 heteroatoms. The standard InChI is InChI=1S/C18H12N6.C17H9ClF3N5/c1-12-3-2-4-18(22-12)24-16-9-13(5-6-14(16)11-21-24)15-7-8-20-17(10-19)23-15;18-16-22-7-6-12(24-16)10-4-5-11-9-23-26(13(11)8-10)15-3-1-2-14(25-15)17(19,20)21/h2-9,11H,1H3;1-9H. The Labute approximate surface area is 286 Å². The molecule has 6 heterocycles. The first-order valence-corrected chi connectivity index (χ1v) is 15.2. The number of nitriles is 1. The monoisotopic (exact) mass is 687 g/mol. The van der Waals surface area contributed by atoms with E-state index in [1.165, 1.54) is 23.0 Å². The zero-order valence-electron chi connectivity index (χ0n) is 25.8. The Morgan fingerprint density at radius 3 is 1.84 bits per heavy atom. The van der Waals surface area contributed by atoms with Gasteiger partial charge in [-0.3, -0.25) is 0 Å². The maximum atomic E-state index is 12.9. The highest BCUT2D eigenvalue weighted by Gasteiger charge is 2.32. The van der Waals surface area contributed by atoms with Gasteiger partial charge in [-0.15, -0.1) is 0 Å². The van der Waals surface area contributed by atoms with Crippen LogP contribution in [0.2, 0.25) is 5.28 Å². The summed E-state index contributed by atoms with van der Waals surface area (Å²) in [5.41, 5.74) is 4.42. The molecule has 0 fully saturated rings. The zero-order chi connectivity index (χ0) is 34.8. The average molecular weight is 688 g/mol. The Balaban J connectivity index is 0.000000157. The Kier molecular flexibility index (Phi) is 8.40. The van der Waals surface area contributed by atoms with Gasteiger partial charge in [0.05, 0.1) is 34.8 Å². The fourth-order valence-electron chi connectivity index (χ4n) is 5.14. The van der Waals surface area contributed by atoms with E-state index in [1.807, 2.05) is 61.7 Å². The molecule has 6 aromatic heterocycles. The van der Waals surface area contributed by atoms with Gasteiger partial charge < -0.3 is 0 Å². The maximum Gasteiger partial charge on any atom is 0.433 e. The van der Waals surface area contributed by atoms with Crippen molar-refractivity contribution in [3.05, 3.63) is 132 Å². The molecule has 0 unspecified atom stereocenters. The molecule has 0 spiro atoms. The van der Waals surface area contributed by atoms with E-state index in [0.717, 1.165) is 45.0 Å². The van der Waals surface area contributed by atoms with Gasteiger partial charge in [0.2, 0.25) is 11.1 Å². The van der Waals surface area contributed by atoms with Gasteiger partial charge in [-0.25, -0.2) is 39.3 Å². The fraction of sp³-hybridized carbons (Fsp3) is 0.0571. The molecule has 0 saturated carbocycles. The van der Waals surface area contributed by atoms with Gasteiger partial charge in [0.1, 0.15) is 11.8 Å². The largest absolute Gasteiger partial charge is 0.433 e. The lowest BCUT2D eigenvalue weighted by Gasteiger charge is -2.09. The number of aryl methyl sites for hydroxylation is 1. The van der Waals surface area contributed by atoms with E-state index in [-0.39, 0.29) is 16.9 Å². The van der Waals surface area contributed by atoms with E-state index in [4.69, 9.17) is 16.9 Å². The molecule has 244 valence electrons. The lowest BCUT2D eigenvalue weighted by Crippen LogP contribution is -2.10. The van der Waals surface area contributed by atoms with Crippen LogP contribution in [0.5, 0.6) is 0 Å². The summed E-state index contributed by atoms with van der Waals surface area (Å²) >= 11 is 5.82. The molecule has 11 nitrogen and oxygen atoms in total. The van der Waals surface area contributed by atoms with Crippen LogP contribution in [0.1, 0.15) is 17.2 Å². The lowest BCUT2D eigenvalue weighted by molar-refractivity contribution is -0.141. The second kappa shape index (κ2) is 13.1. The minimum Gasteiger partial charge on any atom is -0.234 e. The summed E-state index contributed by atoms with van der Waals surface area (Å²) in [7, 11) is 0. The molecule has 2 aromatic carbocycles. The Morgan fingerprint density at radius 1 is 0.680 bits per heavy atom. The van der Waals surface area contributed by atoms with Crippen molar-refractivity contribution in [3.8, 4) is 40.2 Å². The highest BCUT2D eigenvalue weighted by Crippen LogP contribution is 2.30. The van der Waals surface area contributed by atoms with E-state index >= 15 is 0 Å². The zero-order valence-corrected chi connectivity index (χ0v) is 26.6. The molecule has 8 aromatic rings. The summed E-state index contributed by atoms with van der Waals surface area (Å²) < 4.78 is 41.9. The van der Waals surface area contributed by atoms with Crippen molar-refractivity contribution in [1.82, 2.24) is 49.5 Å². The van der Waals surface area contributed by atoms with Gasteiger partial charge in [-0.1, -0.05) is 36.4 Å². The molecule has 50 heavy (non-hydrogen) atoms. The number of pyridine rings is 2. The first-order chi connectivity index (χ1) is 24.2. The molecule has 0 atom stereocenters. The normalized spacial score (nSPS) is 11.3. The summed E-state index contributed by atoms with van der Waals surface area (Å²) in [5.74, 6) is 0.997. The van der Waals surface area contributed by atoms with Gasteiger partial charge >= 0.3 is 6.18 Å². The van der Waals surface area contributed by atoms with Crippen molar-refractivity contribution in [1.29, 1.82) is 5.26 Å². The molecule has 0 aliphatic rings. The number of fused-ring (bicyclic) bond motifs is 2. The second-order valence-corrected chi connectivity index (χ2v) is 11.1. The smallest absolute Gasteiger partial charge is 0.234 e. The minimum atomic E-state index is -4.53. The van der Waals surface area contributed by atoms with Crippen LogP contribution in [0.25, 0.3) is 56.0 Å². The molecule has 0 N–H and O–H groups in total. The minimum absolute atomic E-state index is 0.0766. The number of halogens is 4. The number of nitrogens with zero attached hydrogens (tertiary/aromatic N) is 11. The number of rotatable bonds is 4. The van der Waals surface area contributed by atoms with Crippen LogP contribution in [-0.2, 0) is 6.18 Å². The van der Waals surface area contributed by atoms with Gasteiger partial charge in [0.15, 0.2) is 11.6 Å². The van der Waals surface area contributed by atoms with Crippen LogP contribution in [0, 0.1) is 18.3 Å². The van der Waals surface area contributed by atoms with E-state index in [1.54, 1.807) is 41.3 Å². The van der Waals surface area contributed by atoms with Crippen molar-refractivity contribution in [2.75, 3.05) is 0 Å². The van der Waals surface area contributed by atoms with Gasteiger partial charge in [0.25, 0.3) is 0 Å². The van der Waals surface area contributed by atoms with Crippen molar-refractivity contribution in [2.45, 2.75) is 13.1 Å². The van der Waals surface area contributed by atoms with E-state index in [2.05, 4.69) is 40.1 Å². The third-order valence-corrected chi connectivity index (χ3v) is 7.63. The molecule has 0 bridgehead atoms. The third-order valence-electron chi connectivity index (χ3n) is 7.45. The van der Waals surface area contributed by atoms with Crippen molar-refractivity contribution in [3.63, 3.8) is 0 Å². The number of benzene rings is 2. The molecule has 0 aliphatic heterocycles. The van der Waals surface area contributed by atoms with Crippen LogP contribution in [0.4, 0.5) is 13.2 Å². The second-order valence-electron chi connectivity index (χ2n) is 10.8. The van der Waals surface area contributed by atoms with Crippen molar-refractivity contribution < 1.29 is 13.2 Å². The van der Waals surface area contributed by atoms with Crippen LogP contribution >= 0.6 is 11.6 Å². The molecular weight excluding hydrogens is 667 g/mol. The number of aromatic nitrogens is 10. The van der Waals surface area contributed by atoms with Crippen LogP contribution in [0.15, 0.2) is 110 Å². The van der Waals surface area contributed by atoms with Crippen LogP contribution < -0.4 is 0 Å². The van der Waals surface area contributed by atoms with Crippen molar-refractivity contribution >= 4 is 33.4 Å². The first kappa shape index (κ1) is 32.0. The summed E-state index contributed by atoms with van der Waals surface area (Å²) in [5, 5.41) is 19.5. The molecule has 0 amide bonds. The predicted molar refractivity (Wildman–Crippen MR) is 179 cm³/mol. The first-order valence-electron chi connectivity index (χ1n) is 14.8. The Bertz CT molecular complexity index is 2560. The maximum absolute atomic E-state index is 12.9.